The molecule has 0 saturated heterocycles. The van der Waals surface area contributed by atoms with Crippen LogP contribution in [0.1, 0.15) is 0 Å². The maximum absolute atomic E-state index is 5.93. The smallest absolute Gasteiger partial charge is 0.231 e. The third-order valence-electron chi connectivity index (χ3n) is 2.27. The second kappa shape index (κ2) is 3.31. The molecule has 5 nitrogen and oxygen atoms in total. The Kier molecular flexibility index (Phi) is 1.94. The molecule has 3 heterocycles. The molecular weight excluding hydrogens is 228 g/mol. The van der Waals surface area contributed by atoms with Crippen LogP contribution in [0.15, 0.2) is 29.2 Å². The number of aromatic nitrogens is 4. The highest BCUT2D eigenvalue weighted by Crippen LogP contribution is 2.29. The number of furan rings is 1. The minimum Gasteiger partial charge on any atom is -0.437 e. The maximum atomic E-state index is 5.93. The Morgan fingerprint density at radius 1 is 1.38 bits per heavy atom. The lowest BCUT2D eigenvalue weighted by Gasteiger charge is -1.87. The molecule has 0 saturated carbocycles. The minimum atomic E-state index is 0.392. The summed E-state index contributed by atoms with van der Waals surface area (Å²) in [5.74, 6) is 0.686. The van der Waals surface area contributed by atoms with Gasteiger partial charge in [-0.2, -0.15) is 5.10 Å². The van der Waals surface area contributed by atoms with Gasteiger partial charge in [0, 0.05) is 13.2 Å². The number of hydrogen-bond acceptors (Lipinski definition) is 4. The van der Waals surface area contributed by atoms with Gasteiger partial charge in [-0.15, -0.1) is 0 Å². The van der Waals surface area contributed by atoms with Gasteiger partial charge in [-0.3, -0.25) is 4.68 Å². The van der Waals surface area contributed by atoms with Crippen molar-refractivity contribution in [1.82, 2.24) is 19.7 Å². The van der Waals surface area contributed by atoms with Crippen molar-refractivity contribution in [2.24, 2.45) is 7.05 Å². The predicted octanol–water partition coefficient (Wildman–Crippen LogP) is 2.28. The molecule has 0 radical (unpaired) electrons. The summed E-state index contributed by atoms with van der Waals surface area (Å²) in [5.41, 5.74) is 1.37. The molecule has 3 aromatic heterocycles. The fourth-order valence-corrected chi connectivity index (χ4v) is 1.70. The molecule has 3 aromatic rings. The van der Waals surface area contributed by atoms with Crippen molar-refractivity contribution in [2.75, 3.05) is 0 Å². The Balaban J connectivity index is 2.22. The highest BCUT2D eigenvalue weighted by Gasteiger charge is 2.11. The largest absolute Gasteiger partial charge is 0.437 e. The second-order valence-electron chi connectivity index (χ2n) is 3.40. The van der Waals surface area contributed by atoms with Crippen molar-refractivity contribution in [3.05, 3.63) is 29.9 Å². The van der Waals surface area contributed by atoms with Gasteiger partial charge in [-0.05, 0) is 6.07 Å². The lowest BCUT2D eigenvalue weighted by molar-refractivity contribution is 0.617. The van der Waals surface area contributed by atoms with E-state index in [2.05, 4.69) is 15.1 Å². The topological polar surface area (TPSA) is 56.7 Å². The molecule has 0 unspecified atom stereocenters. The molecule has 0 spiro atoms. The van der Waals surface area contributed by atoms with E-state index in [0.717, 1.165) is 5.56 Å². The average molecular weight is 235 g/mol. The molecule has 6 heteroatoms. The SMILES string of the molecule is Cn1cc(-c2cc3c(Cl)ncnc3o2)cn1. The van der Waals surface area contributed by atoms with Crippen LogP contribution in [0, 0.1) is 0 Å². The molecule has 16 heavy (non-hydrogen) atoms. The van der Waals surface area contributed by atoms with Crippen LogP contribution in [0.5, 0.6) is 0 Å². The highest BCUT2D eigenvalue weighted by molar-refractivity contribution is 6.33. The van der Waals surface area contributed by atoms with E-state index in [1.54, 1.807) is 10.9 Å². The first-order chi connectivity index (χ1) is 7.74. The summed E-state index contributed by atoms with van der Waals surface area (Å²) in [5, 5.41) is 5.18. The van der Waals surface area contributed by atoms with Gasteiger partial charge in [-0.1, -0.05) is 11.6 Å². The molecule has 0 aliphatic heterocycles. The first-order valence-corrected chi connectivity index (χ1v) is 5.01. The van der Waals surface area contributed by atoms with Crippen molar-refractivity contribution in [3.63, 3.8) is 0 Å². The van der Waals surface area contributed by atoms with E-state index in [1.165, 1.54) is 6.33 Å². The number of aryl methyl sites for hydroxylation is 1. The molecule has 0 aliphatic rings. The molecule has 0 aromatic carbocycles. The molecule has 0 N–H and O–H groups in total. The van der Waals surface area contributed by atoms with Gasteiger partial charge in [0.25, 0.3) is 0 Å². The normalized spacial score (nSPS) is 11.1. The summed E-state index contributed by atoms with van der Waals surface area (Å²) in [7, 11) is 1.85. The fourth-order valence-electron chi connectivity index (χ4n) is 1.52. The number of hydrogen-bond donors (Lipinski definition) is 0. The Morgan fingerprint density at radius 3 is 2.94 bits per heavy atom. The van der Waals surface area contributed by atoms with E-state index < -0.39 is 0 Å². The summed E-state index contributed by atoms with van der Waals surface area (Å²) in [4.78, 5) is 7.90. The van der Waals surface area contributed by atoms with Gasteiger partial charge < -0.3 is 4.42 Å². The van der Waals surface area contributed by atoms with E-state index in [4.69, 9.17) is 16.0 Å². The van der Waals surface area contributed by atoms with Crippen LogP contribution in [-0.2, 0) is 7.05 Å². The number of fused-ring (bicyclic) bond motifs is 1. The van der Waals surface area contributed by atoms with E-state index in [1.807, 2.05) is 19.3 Å². The quantitative estimate of drug-likeness (QED) is 0.606. The summed E-state index contributed by atoms with van der Waals surface area (Å²) < 4.78 is 7.26. The van der Waals surface area contributed by atoms with Gasteiger partial charge in [0.15, 0.2) is 0 Å². The lowest BCUT2D eigenvalue weighted by atomic mass is 10.2. The van der Waals surface area contributed by atoms with E-state index in [0.29, 0.717) is 22.0 Å². The van der Waals surface area contributed by atoms with Gasteiger partial charge >= 0.3 is 0 Å². The van der Waals surface area contributed by atoms with E-state index in [9.17, 15) is 0 Å². The molecule has 0 fully saturated rings. The predicted molar refractivity (Wildman–Crippen MR) is 59.0 cm³/mol. The maximum Gasteiger partial charge on any atom is 0.231 e. The highest BCUT2D eigenvalue weighted by atomic mass is 35.5. The number of rotatable bonds is 1. The average Bonchev–Trinajstić information content (AvgIpc) is 2.84. The summed E-state index contributed by atoms with van der Waals surface area (Å²) >= 11 is 5.93. The molecule has 3 rings (SSSR count). The fraction of sp³-hybridized carbons (Fsp3) is 0.100. The molecule has 0 atom stereocenters. The third kappa shape index (κ3) is 1.37. The van der Waals surface area contributed by atoms with Gasteiger partial charge in [0.05, 0.1) is 17.1 Å². The second-order valence-corrected chi connectivity index (χ2v) is 3.75. The van der Waals surface area contributed by atoms with Crippen LogP contribution in [0.4, 0.5) is 0 Å². The zero-order valence-corrected chi connectivity index (χ0v) is 9.14. The van der Waals surface area contributed by atoms with Crippen LogP contribution in [0.25, 0.3) is 22.4 Å². The van der Waals surface area contributed by atoms with Crippen LogP contribution in [-0.4, -0.2) is 19.7 Å². The third-order valence-corrected chi connectivity index (χ3v) is 2.57. The van der Waals surface area contributed by atoms with E-state index in [-0.39, 0.29) is 0 Å². The molecule has 0 bridgehead atoms. The zero-order chi connectivity index (χ0) is 11.1. The van der Waals surface area contributed by atoms with Crippen LogP contribution in [0.3, 0.4) is 0 Å². The Morgan fingerprint density at radius 2 is 2.25 bits per heavy atom. The first-order valence-electron chi connectivity index (χ1n) is 4.63. The summed E-state index contributed by atoms with van der Waals surface area (Å²) in [6.07, 6.45) is 4.96. The van der Waals surface area contributed by atoms with Crippen LogP contribution < -0.4 is 0 Å². The molecule has 80 valence electrons. The van der Waals surface area contributed by atoms with Gasteiger partial charge in [0.2, 0.25) is 5.71 Å². The van der Waals surface area contributed by atoms with Crippen molar-refractivity contribution in [1.29, 1.82) is 0 Å². The van der Waals surface area contributed by atoms with Crippen LogP contribution >= 0.6 is 11.6 Å². The Labute approximate surface area is 95.7 Å². The van der Waals surface area contributed by atoms with Crippen molar-refractivity contribution >= 4 is 22.7 Å². The van der Waals surface area contributed by atoms with E-state index >= 15 is 0 Å². The van der Waals surface area contributed by atoms with Crippen molar-refractivity contribution in [3.8, 4) is 11.3 Å². The Hall–Kier alpha value is -1.88. The lowest BCUT2D eigenvalue weighted by Crippen LogP contribution is -1.83. The van der Waals surface area contributed by atoms with Crippen molar-refractivity contribution in [2.45, 2.75) is 0 Å². The standard InChI is InChI=1S/C10H7ClN4O/c1-15-4-6(3-14-15)8-2-7-9(11)12-5-13-10(7)16-8/h2-5H,1H3. The summed E-state index contributed by atoms with van der Waals surface area (Å²) in [6, 6.07) is 1.81. The first kappa shape index (κ1) is 9.35. The molecular formula is C10H7ClN4O. The van der Waals surface area contributed by atoms with Crippen LogP contribution in [0.2, 0.25) is 5.15 Å². The molecule has 0 aliphatic carbocycles. The molecule has 0 amide bonds. The minimum absolute atomic E-state index is 0.392. The monoisotopic (exact) mass is 234 g/mol. The number of nitrogens with zero attached hydrogens (tertiary/aromatic N) is 4. The van der Waals surface area contributed by atoms with Crippen molar-refractivity contribution < 1.29 is 4.42 Å². The summed E-state index contributed by atoms with van der Waals surface area (Å²) in [6.45, 7) is 0. The number of halogens is 1. The Bertz CT molecular complexity index is 658. The zero-order valence-electron chi connectivity index (χ0n) is 8.38. The van der Waals surface area contributed by atoms with Gasteiger partial charge in [0.1, 0.15) is 17.2 Å². The van der Waals surface area contributed by atoms with Gasteiger partial charge in [-0.25, -0.2) is 9.97 Å².